The minimum absolute atomic E-state index is 0.00296. The lowest BCUT2D eigenvalue weighted by Gasteiger charge is -2.08. The third kappa shape index (κ3) is 4.50. The van der Waals surface area contributed by atoms with Gasteiger partial charge in [0.2, 0.25) is 5.78 Å². The Kier molecular flexibility index (Phi) is 5.83. The van der Waals surface area contributed by atoms with Crippen molar-refractivity contribution in [3.05, 3.63) is 69.9 Å². The minimum Gasteiger partial charge on any atom is -0.496 e. The molecule has 3 aromatic rings. The fourth-order valence-electron chi connectivity index (χ4n) is 2.30. The number of nitrogens with zero attached hydrogens (tertiary/aromatic N) is 1. The number of carbonyl (C=O) groups excluding carboxylic acids is 2. The van der Waals surface area contributed by atoms with E-state index in [1.165, 1.54) is 36.0 Å². The molecule has 2 aromatic carbocycles. The molecule has 0 saturated carbocycles. The van der Waals surface area contributed by atoms with Gasteiger partial charge in [0.05, 0.1) is 12.7 Å². The molecule has 0 amide bonds. The molecule has 0 atom stereocenters. The van der Waals surface area contributed by atoms with Crippen LogP contribution in [0.4, 0.5) is 4.39 Å². The van der Waals surface area contributed by atoms with Gasteiger partial charge < -0.3 is 9.47 Å². The summed E-state index contributed by atoms with van der Waals surface area (Å²) in [6.07, 6.45) is 0. The predicted molar refractivity (Wildman–Crippen MR) is 100 cm³/mol. The molecule has 0 fully saturated rings. The number of ketones is 1. The van der Waals surface area contributed by atoms with Gasteiger partial charge in [0, 0.05) is 16.0 Å². The lowest BCUT2D eigenvalue weighted by Crippen LogP contribution is -2.15. The highest BCUT2D eigenvalue weighted by Gasteiger charge is 2.18. The maximum Gasteiger partial charge on any atom is 0.358 e. The molecule has 5 nitrogen and oxygen atoms in total. The van der Waals surface area contributed by atoms with Gasteiger partial charge in [-0.1, -0.05) is 23.7 Å². The number of carbonyl (C=O) groups is 2. The molecule has 0 bridgehead atoms. The van der Waals surface area contributed by atoms with Crippen LogP contribution >= 0.6 is 22.9 Å². The SMILES string of the molecule is COc1ccc(F)cc1C(=O)COC(=O)c1csc(-c2cccc(Cl)c2)n1. The molecule has 0 unspecified atom stereocenters. The number of Topliss-reactive ketones (excluding diaryl/α,β-unsaturated/α-hetero) is 1. The molecule has 27 heavy (non-hydrogen) atoms. The van der Waals surface area contributed by atoms with Crippen molar-refractivity contribution in [2.45, 2.75) is 0 Å². The van der Waals surface area contributed by atoms with Crippen molar-refractivity contribution in [1.29, 1.82) is 0 Å². The van der Waals surface area contributed by atoms with E-state index in [9.17, 15) is 14.0 Å². The highest BCUT2D eigenvalue weighted by Crippen LogP contribution is 2.26. The summed E-state index contributed by atoms with van der Waals surface area (Å²) in [5.74, 6) is -1.71. The van der Waals surface area contributed by atoms with Crippen LogP contribution in [0.5, 0.6) is 5.75 Å². The molecule has 0 aliphatic heterocycles. The molecule has 0 spiro atoms. The molecule has 8 heteroatoms. The Morgan fingerprint density at radius 1 is 1.22 bits per heavy atom. The van der Waals surface area contributed by atoms with Crippen LogP contribution in [0.25, 0.3) is 10.6 Å². The Bertz CT molecular complexity index is 1000. The molecule has 0 aliphatic carbocycles. The number of benzene rings is 2. The molecule has 0 saturated heterocycles. The van der Waals surface area contributed by atoms with Crippen molar-refractivity contribution in [3.63, 3.8) is 0 Å². The average molecular weight is 406 g/mol. The van der Waals surface area contributed by atoms with Gasteiger partial charge in [-0.3, -0.25) is 4.79 Å². The summed E-state index contributed by atoms with van der Waals surface area (Å²) >= 11 is 7.21. The summed E-state index contributed by atoms with van der Waals surface area (Å²) in [6, 6.07) is 10.6. The first-order valence-corrected chi connectivity index (χ1v) is 8.99. The second-order valence-corrected chi connectivity index (χ2v) is 6.69. The van der Waals surface area contributed by atoms with Crippen LogP contribution in [-0.2, 0) is 4.74 Å². The van der Waals surface area contributed by atoms with Crippen molar-refractivity contribution < 1.29 is 23.5 Å². The summed E-state index contributed by atoms with van der Waals surface area (Å²) in [5, 5.41) is 2.69. The first-order valence-electron chi connectivity index (χ1n) is 7.73. The fourth-order valence-corrected chi connectivity index (χ4v) is 3.28. The molecular formula is C19H13ClFNO4S. The molecular weight excluding hydrogens is 393 g/mol. The van der Waals surface area contributed by atoms with Gasteiger partial charge in [-0.2, -0.15) is 0 Å². The van der Waals surface area contributed by atoms with Crippen molar-refractivity contribution in [2.75, 3.05) is 13.7 Å². The van der Waals surface area contributed by atoms with Crippen LogP contribution in [0.2, 0.25) is 5.02 Å². The van der Waals surface area contributed by atoms with E-state index < -0.39 is 24.2 Å². The molecule has 3 rings (SSSR count). The van der Waals surface area contributed by atoms with Gasteiger partial charge in [0.15, 0.2) is 12.3 Å². The normalized spacial score (nSPS) is 10.5. The Labute approximate surface area is 163 Å². The number of thiazole rings is 1. The topological polar surface area (TPSA) is 65.5 Å². The van der Waals surface area contributed by atoms with Crippen molar-refractivity contribution in [3.8, 4) is 16.3 Å². The van der Waals surface area contributed by atoms with E-state index in [0.717, 1.165) is 11.6 Å². The monoisotopic (exact) mass is 405 g/mol. The largest absolute Gasteiger partial charge is 0.496 e. The number of hydrogen-bond acceptors (Lipinski definition) is 6. The summed E-state index contributed by atoms with van der Waals surface area (Å²) in [6.45, 7) is -0.553. The van der Waals surface area contributed by atoms with Crippen molar-refractivity contribution >= 4 is 34.7 Å². The van der Waals surface area contributed by atoms with Gasteiger partial charge in [0.25, 0.3) is 0 Å². The first kappa shape index (κ1) is 19.0. The van der Waals surface area contributed by atoms with E-state index in [4.69, 9.17) is 21.1 Å². The first-order chi connectivity index (χ1) is 13.0. The Balaban J connectivity index is 1.68. The number of halogens is 2. The van der Waals surface area contributed by atoms with E-state index >= 15 is 0 Å². The minimum atomic E-state index is -0.747. The van der Waals surface area contributed by atoms with E-state index in [-0.39, 0.29) is 17.0 Å². The third-order valence-electron chi connectivity index (χ3n) is 3.58. The molecule has 1 aromatic heterocycles. The molecule has 0 radical (unpaired) electrons. The van der Waals surface area contributed by atoms with Crippen LogP contribution in [-0.4, -0.2) is 30.5 Å². The number of esters is 1. The van der Waals surface area contributed by atoms with E-state index in [0.29, 0.717) is 10.0 Å². The number of rotatable bonds is 6. The quantitative estimate of drug-likeness (QED) is 0.441. The second kappa shape index (κ2) is 8.28. The lowest BCUT2D eigenvalue weighted by atomic mass is 10.1. The van der Waals surface area contributed by atoms with Crippen LogP contribution in [0.3, 0.4) is 0 Å². The van der Waals surface area contributed by atoms with Gasteiger partial charge in [-0.25, -0.2) is 14.2 Å². The molecule has 1 heterocycles. The Morgan fingerprint density at radius 3 is 2.78 bits per heavy atom. The van der Waals surface area contributed by atoms with Crippen LogP contribution in [0.15, 0.2) is 47.8 Å². The second-order valence-electron chi connectivity index (χ2n) is 5.39. The molecule has 138 valence electrons. The molecule has 0 N–H and O–H groups in total. The summed E-state index contributed by atoms with van der Waals surface area (Å²) in [5.41, 5.74) is 0.851. The predicted octanol–water partition coefficient (Wildman–Crippen LogP) is 4.65. The van der Waals surface area contributed by atoms with E-state index in [2.05, 4.69) is 4.98 Å². The maximum atomic E-state index is 13.4. The smallest absolute Gasteiger partial charge is 0.358 e. The zero-order chi connectivity index (χ0) is 19.4. The highest BCUT2D eigenvalue weighted by atomic mass is 35.5. The summed E-state index contributed by atoms with van der Waals surface area (Å²) in [7, 11) is 1.36. The molecule has 0 aliphatic rings. The number of ether oxygens (including phenoxy) is 2. The zero-order valence-corrected chi connectivity index (χ0v) is 15.6. The zero-order valence-electron chi connectivity index (χ0n) is 14.1. The van der Waals surface area contributed by atoms with Gasteiger partial charge >= 0.3 is 5.97 Å². The van der Waals surface area contributed by atoms with Crippen LogP contribution in [0.1, 0.15) is 20.8 Å². The van der Waals surface area contributed by atoms with E-state index in [1.54, 1.807) is 18.2 Å². The fraction of sp³-hybridized carbons (Fsp3) is 0.105. The van der Waals surface area contributed by atoms with Crippen LogP contribution < -0.4 is 4.74 Å². The van der Waals surface area contributed by atoms with Gasteiger partial charge in [-0.15, -0.1) is 11.3 Å². The van der Waals surface area contributed by atoms with Crippen molar-refractivity contribution in [2.24, 2.45) is 0 Å². The Hall–Kier alpha value is -2.77. The Morgan fingerprint density at radius 2 is 2.04 bits per heavy atom. The summed E-state index contributed by atoms with van der Waals surface area (Å²) in [4.78, 5) is 28.6. The maximum absolute atomic E-state index is 13.4. The standard InChI is InChI=1S/C19H13ClFNO4S/c1-25-17-6-5-13(21)8-14(17)16(23)9-26-19(24)15-10-27-18(22-15)11-3-2-4-12(20)7-11/h2-8,10H,9H2,1H3. The van der Waals surface area contributed by atoms with Gasteiger partial charge in [0.1, 0.15) is 16.6 Å². The number of methoxy groups -OCH3 is 1. The van der Waals surface area contributed by atoms with E-state index in [1.807, 2.05) is 6.07 Å². The van der Waals surface area contributed by atoms with Crippen molar-refractivity contribution in [1.82, 2.24) is 4.98 Å². The van der Waals surface area contributed by atoms with Crippen LogP contribution in [0, 0.1) is 5.82 Å². The highest BCUT2D eigenvalue weighted by molar-refractivity contribution is 7.13. The summed E-state index contributed by atoms with van der Waals surface area (Å²) < 4.78 is 23.4. The lowest BCUT2D eigenvalue weighted by molar-refractivity contribution is 0.0469. The van der Waals surface area contributed by atoms with Gasteiger partial charge in [-0.05, 0) is 30.3 Å². The number of hydrogen-bond donors (Lipinski definition) is 0. The average Bonchev–Trinajstić information content (AvgIpc) is 3.16. The third-order valence-corrected chi connectivity index (χ3v) is 4.71. The number of aromatic nitrogens is 1.